The largest absolute Gasteiger partial charge is 0.493 e. The number of rotatable bonds is 7. The molecule has 0 saturated carbocycles. The SMILES string of the molecule is COc1cc(-c2ncn(CCO)c2-c2ccncc2)cc(OC)c1OC. The highest BCUT2D eigenvalue weighted by Gasteiger charge is 2.19. The third-order valence-electron chi connectivity index (χ3n) is 4.07. The molecule has 0 radical (unpaired) electrons. The quantitative estimate of drug-likeness (QED) is 0.702. The zero-order chi connectivity index (χ0) is 18.5. The van der Waals surface area contributed by atoms with Crippen LogP contribution in [-0.2, 0) is 6.54 Å². The second-order valence-corrected chi connectivity index (χ2v) is 5.51. The van der Waals surface area contributed by atoms with Gasteiger partial charge in [-0.15, -0.1) is 0 Å². The lowest BCUT2D eigenvalue weighted by Crippen LogP contribution is -2.03. The van der Waals surface area contributed by atoms with Crippen LogP contribution in [0.2, 0.25) is 0 Å². The van der Waals surface area contributed by atoms with Crippen molar-refractivity contribution in [3.05, 3.63) is 43.0 Å². The number of hydrogen-bond donors (Lipinski definition) is 1. The summed E-state index contributed by atoms with van der Waals surface area (Å²) >= 11 is 0. The first-order valence-electron chi connectivity index (χ1n) is 8.10. The molecule has 0 fully saturated rings. The second kappa shape index (κ2) is 7.88. The molecule has 2 heterocycles. The molecule has 0 unspecified atom stereocenters. The monoisotopic (exact) mass is 355 g/mol. The number of aromatic nitrogens is 3. The molecular formula is C19H21N3O4. The first kappa shape index (κ1) is 17.8. The Bertz CT molecular complexity index is 853. The third kappa shape index (κ3) is 3.21. The Morgan fingerprint density at radius 3 is 2.15 bits per heavy atom. The summed E-state index contributed by atoms with van der Waals surface area (Å²) in [5.41, 5.74) is 3.41. The number of nitrogens with zero attached hydrogens (tertiary/aromatic N) is 3. The predicted molar refractivity (Wildman–Crippen MR) is 97.6 cm³/mol. The van der Waals surface area contributed by atoms with Gasteiger partial charge in [0.25, 0.3) is 0 Å². The highest BCUT2D eigenvalue weighted by Crippen LogP contribution is 2.42. The van der Waals surface area contributed by atoms with E-state index in [1.165, 1.54) is 0 Å². The highest BCUT2D eigenvalue weighted by molar-refractivity contribution is 5.81. The molecule has 2 aromatic heterocycles. The minimum Gasteiger partial charge on any atom is -0.493 e. The summed E-state index contributed by atoms with van der Waals surface area (Å²) in [7, 11) is 4.73. The lowest BCUT2D eigenvalue weighted by Gasteiger charge is -2.15. The van der Waals surface area contributed by atoms with Crippen LogP contribution in [0.5, 0.6) is 17.2 Å². The second-order valence-electron chi connectivity index (χ2n) is 5.51. The van der Waals surface area contributed by atoms with Crippen LogP contribution in [0.15, 0.2) is 43.0 Å². The van der Waals surface area contributed by atoms with Crippen LogP contribution in [0.4, 0.5) is 0 Å². The van der Waals surface area contributed by atoms with E-state index in [-0.39, 0.29) is 6.61 Å². The number of aliphatic hydroxyl groups is 1. The van der Waals surface area contributed by atoms with Crippen LogP contribution < -0.4 is 14.2 Å². The maximum atomic E-state index is 9.39. The third-order valence-corrected chi connectivity index (χ3v) is 4.07. The van der Waals surface area contributed by atoms with Gasteiger partial charge < -0.3 is 23.9 Å². The number of benzene rings is 1. The minimum atomic E-state index is 0.0170. The zero-order valence-electron chi connectivity index (χ0n) is 15.0. The van der Waals surface area contributed by atoms with Gasteiger partial charge in [-0.2, -0.15) is 0 Å². The summed E-state index contributed by atoms with van der Waals surface area (Å²) in [4.78, 5) is 8.64. The Kier molecular flexibility index (Phi) is 5.38. The fourth-order valence-corrected chi connectivity index (χ4v) is 2.90. The molecule has 1 N–H and O–H groups in total. The predicted octanol–water partition coefficient (Wildman–Crippen LogP) is 2.63. The normalized spacial score (nSPS) is 10.6. The standard InChI is InChI=1S/C19H21N3O4/c1-24-15-10-14(11-16(25-2)19(15)26-3)17-18(13-4-6-20-7-5-13)22(8-9-23)12-21-17/h4-7,10-12,23H,8-9H2,1-3H3. The molecule has 0 aliphatic rings. The number of pyridine rings is 1. The van der Waals surface area contributed by atoms with Gasteiger partial charge in [0.2, 0.25) is 5.75 Å². The summed E-state index contributed by atoms with van der Waals surface area (Å²) in [5.74, 6) is 1.64. The minimum absolute atomic E-state index is 0.0170. The van der Waals surface area contributed by atoms with E-state index < -0.39 is 0 Å². The molecule has 3 aromatic rings. The smallest absolute Gasteiger partial charge is 0.203 e. The average Bonchev–Trinajstić information content (AvgIpc) is 3.11. The Hall–Kier alpha value is -3.06. The van der Waals surface area contributed by atoms with Gasteiger partial charge in [0, 0.05) is 30.1 Å². The number of imidazole rings is 1. The Morgan fingerprint density at radius 2 is 1.62 bits per heavy atom. The van der Waals surface area contributed by atoms with Crippen LogP contribution in [-0.4, -0.2) is 47.6 Å². The van der Waals surface area contributed by atoms with E-state index in [4.69, 9.17) is 14.2 Å². The molecular weight excluding hydrogens is 334 g/mol. The summed E-state index contributed by atoms with van der Waals surface area (Å²) < 4.78 is 18.2. The van der Waals surface area contributed by atoms with Crippen molar-refractivity contribution < 1.29 is 19.3 Å². The van der Waals surface area contributed by atoms with Gasteiger partial charge in [-0.1, -0.05) is 0 Å². The van der Waals surface area contributed by atoms with Crippen LogP contribution in [0, 0.1) is 0 Å². The van der Waals surface area contributed by atoms with Crippen molar-refractivity contribution >= 4 is 0 Å². The van der Waals surface area contributed by atoms with Crippen molar-refractivity contribution in [1.29, 1.82) is 0 Å². The summed E-state index contributed by atoms with van der Waals surface area (Å²) in [6.45, 7) is 0.457. The first-order chi connectivity index (χ1) is 12.7. The van der Waals surface area contributed by atoms with E-state index in [0.717, 1.165) is 22.5 Å². The molecule has 26 heavy (non-hydrogen) atoms. The van der Waals surface area contributed by atoms with Gasteiger partial charge in [-0.25, -0.2) is 4.98 Å². The highest BCUT2D eigenvalue weighted by atomic mass is 16.5. The summed E-state index contributed by atoms with van der Waals surface area (Å²) in [5, 5.41) is 9.39. The molecule has 7 nitrogen and oxygen atoms in total. The molecule has 3 rings (SSSR count). The molecule has 0 aliphatic carbocycles. The molecule has 0 bridgehead atoms. The number of ether oxygens (including phenoxy) is 3. The molecule has 0 atom stereocenters. The Labute approximate surface area is 151 Å². The van der Waals surface area contributed by atoms with Crippen LogP contribution in [0.25, 0.3) is 22.5 Å². The topological polar surface area (TPSA) is 78.6 Å². The van der Waals surface area contributed by atoms with E-state index in [0.29, 0.717) is 23.8 Å². The Morgan fingerprint density at radius 1 is 0.962 bits per heavy atom. The van der Waals surface area contributed by atoms with Gasteiger partial charge in [0.1, 0.15) is 0 Å². The molecule has 136 valence electrons. The van der Waals surface area contributed by atoms with Crippen molar-refractivity contribution in [3.63, 3.8) is 0 Å². The first-order valence-corrected chi connectivity index (χ1v) is 8.10. The van der Waals surface area contributed by atoms with E-state index >= 15 is 0 Å². The van der Waals surface area contributed by atoms with Gasteiger partial charge in [-0.05, 0) is 24.3 Å². The van der Waals surface area contributed by atoms with Crippen LogP contribution in [0.3, 0.4) is 0 Å². The maximum absolute atomic E-state index is 9.39. The van der Waals surface area contributed by atoms with Crippen LogP contribution in [0.1, 0.15) is 0 Å². The maximum Gasteiger partial charge on any atom is 0.203 e. The van der Waals surface area contributed by atoms with Crippen molar-refractivity contribution in [1.82, 2.24) is 14.5 Å². The molecule has 0 aliphatic heterocycles. The molecule has 0 spiro atoms. The van der Waals surface area contributed by atoms with Gasteiger partial charge >= 0.3 is 0 Å². The fourth-order valence-electron chi connectivity index (χ4n) is 2.90. The zero-order valence-corrected chi connectivity index (χ0v) is 15.0. The van der Waals surface area contributed by atoms with E-state index in [1.54, 1.807) is 40.1 Å². The fraction of sp³-hybridized carbons (Fsp3) is 0.263. The van der Waals surface area contributed by atoms with Crippen molar-refractivity contribution in [2.24, 2.45) is 0 Å². The summed E-state index contributed by atoms with van der Waals surface area (Å²) in [6, 6.07) is 7.54. The lowest BCUT2D eigenvalue weighted by molar-refractivity contribution is 0.276. The lowest BCUT2D eigenvalue weighted by atomic mass is 10.0. The van der Waals surface area contributed by atoms with Gasteiger partial charge in [-0.3, -0.25) is 4.98 Å². The number of hydrogen-bond acceptors (Lipinski definition) is 6. The molecule has 0 amide bonds. The van der Waals surface area contributed by atoms with E-state index in [2.05, 4.69) is 9.97 Å². The summed E-state index contributed by atoms with van der Waals surface area (Å²) in [6.07, 6.45) is 5.17. The molecule has 7 heteroatoms. The average molecular weight is 355 g/mol. The molecule has 1 aromatic carbocycles. The van der Waals surface area contributed by atoms with Crippen molar-refractivity contribution in [2.75, 3.05) is 27.9 Å². The van der Waals surface area contributed by atoms with Crippen molar-refractivity contribution in [2.45, 2.75) is 6.54 Å². The van der Waals surface area contributed by atoms with Crippen molar-refractivity contribution in [3.8, 4) is 39.8 Å². The van der Waals surface area contributed by atoms with Gasteiger partial charge in [0.15, 0.2) is 11.5 Å². The van der Waals surface area contributed by atoms with Crippen LogP contribution >= 0.6 is 0 Å². The van der Waals surface area contributed by atoms with E-state index in [9.17, 15) is 5.11 Å². The number of aliphatic hydroxyl groups excluding tert-OH is 1. The molecule has 0 saturated heterocycles. The van der Waals surface area contributed by atoms with E-state index in [1.807, 2.05) is 28.8 Å². The van der Waals surface area contributed by atoms with Gasteiger partial charge in [0.05, 0.1) is 45.7 Å². The number of methoxy groups -OCH3 is 3. The Balaban J connectivity index is 2.22.